The zero-order chi connectivity index (χ0) is 16.5. The third-order valence-electron chi connectivity index (χ3n) is 4.04. The van der Waals surface area contributed by atoms with Gasteiger partial charge in [0.15, 0.2) is 5.69 Å². The van der Waals surface area contributed by atoms with Crippen molar-refractivity contribution < 1.29 is 9.53 Å². The number of aromatic nitrogens is 3. The molecule has 4 rings (SSSR count). The zero-order valence-electron chi connectivity index (χ0n) is 13.1. The van der Waals surface area contributed by atoms with Gasteiger partial charge in [0, 0.05) is 5.56 Å². The predicted molar refractivity (Wildman–Crippen MR) is 92.8 cm³/mol. The van der Waals surface area contributed by atoms with Crippen molar-refractivity contribution in [2.24, 2.45) is 0 Å². The number of carbonyl (C=O) groups excluding carboxylic acids is 1. The Balaban J connectivity index is 2.03. The van der Waals surface area contributed by atoms with E-state index in [9.17, 15) is 4.79 Å². The molecule has 24 heavy (non-hydrogen) atoms. The van der Waals surface area contributed by atoms with Gasteiger partial charge in [0.05, 0.1) is 6.61 Å². The van der Waals surface area contributed by atoms with Gasteiger partial charge in [-0.2, -0.15) is 10.3 Å². The van der Waals surface area contributed by atoms with Crippen LogP contribution < -0.4 is 0 Å². The number of carbonyl (C=O) groups is 1. The molecule has 0 radical (unpaired) electrons. The number of nitrogens with zero attached hydrogens (tertiary/aromatic N) is 2. The van der Waals surface area contributed by atoms with Gasteiger partial charge in [-0.3, -0.25) is 0 Å². The number of aromatic amines is 1. The van der Waals surface area contributed by atoms with Crippen LogP contribution in [0.2, 0.25) is 0 Å². The molecule has 1 N–H and O–H groups in total. The summed E-state index contributed by atoms with van der Waals surface area (Å²) in [5.41, 5.74) is 1.58. The fourth-order valence-electron chi connectivity index (χ4n) is 3.02. The SMILES string of the molecule is CCOC(=O)c1n[nH]nc1-c1cccc2ccc3ccccc3c12. The number of rotatable bonds is 3. The molecule has 0 aliphatic carbocycles. The molecule has 118 valence electrons. The van der Waals surface area contributed by atoms with E-state index < -0.39 is 5.97 Å². The molecule has 0 saturated carbocycles. The van der Waals surface area contributed by atoms with E-state index >= 15 is 0 Å². The van der Waals surface area contributed by atoms with Crippen molar-refractivity contribution in [3.05, 3.63) is 60.3 Å². The van der Waals surface area contributed by atoms with Crippen LogP contribution in [0, 0.1) is 0 Å². The Bertz CT molecular complexity index is 1050. The fourth-order valence-corrected chi connectivity index (χ4v) is 3.02. The third-order valence-corrected chi connectivity index (χ3v) is 4.04. The van der Waals surface area contributed by atoms with Gasteiger partial charge in [0.25, 0.3) is 0 Å². The fraction of sp³-hybridized carbons (Fsp3) is 0.105. The molecular weight excluding hydrogens is 302 g/mol. The van der Waals surface area contributed by atoms with Crippen LogP contribution in [-0.4, -0.2) is 28.0 Å². The van der Waals surface area contributed by atoms with Crippen molar-refractivity contribution >= 4 is 27.5 Å². The second-order valence-corrected chi connectivity index (χ2v) is 5.43. The first-order chi connectivity index (χ1) is 11.8. The lowest BCUT2D eigenvalue weighted by atomic mass is 9.95. The third kappa shape index (κ3) is 2.22. The van der Waals surface area contributed by atoms with E-state index in [4.69, 9.17) is 4.74 Å². The summed E-state index contributed by atoms with van der Waals surface area (Å²) in [6.07, 6.45) is 0. The average molecular weight is 317 g/mol. The van der Waals surface area contributed by atoms with E-state index in [-0.39, 0.29) is 5.69 Å². The van der Waals surface area contributed by atoms with Gasteiger partial charge >= 0.3 is 5.97 Å². The summed E-state index contributed by atoms with van der Waals surface area (Å²) in [4.78, 5) is 12.2. The van der Waals surface area contributed by atoms with Gasteiger partial charge in [0.1, 0.15) is 5.69 Å². The predicted octanol–water partition coefficient (Wildman–Crippen LogP) is 3.95. The van der Waals surface area contributed by atoms with Crippen molar-refractivity contribution in [2.75, 3.05) is 6.61 Å². The van der Waals surface area contributed by atoms with Crippen molar-refractivity contribution in [3.8, 4) is 11.3 Å². The zero-order valence-corrected chi connectivity index (χ0v) is 13.1. The smallest absolute Gasteiger partial charge is 0.361 e. The lowest BCUT2D eigenvalue weighted by molar-refractivity contribution is 0.0520. The maximum absolute atomic E-state index is 12.2. The van der Waals surface area contributed by atoms with Crippen LogP contribution >= 0.6 is 0 Å². The van der Waals surface area contributed by atoms with Crippen LogP contribution in [0.15, 0.2) is 54.6 Å². The van der Waals surface area contributed by atoms with Crippen LogP contribution in [0.4, 0.5) is 0 Å². The quantitative estimate of drug-likeness (QED) is 0.459. The van der Waals surface area contributed by atoms with E-state index in [1.54, 1.807) is 6.92 Å². The molecule has 3 aromatic carbocycles. The largest absolute Gasteiger partial charge is 0.461 e. The van der Waals surface area contributed by atoms with E-state index in [0.717, 1.165) is 27.1 Å². The summed E-state index contributed by atoms with van der Waals surface area (Å²) in [5.74, 6) is -0.474. The standard InChI is InChI=1S/C19H15N3O2/c1-2-24-19(23)18-17(20-22-21-18)15-9-5-7-13-11-10-12-6-3-4-8-14(12)16(13)15/h3-11H,2H2,1H3,(H,20,21,22). The molecule has 0 atom stereocenters. The molecule has 5 nitrogen and oxygen atoms in total. The monoisotopic (exact) mass is 317 g/mol. The Morgan fingerprint density at radius 2 is 1.79 bits per heavy atom. The molecule has 0 aliphatic rings. The highest BCUT2D eigenvalue weighted by Gasteiger charge is 2.21. The molecule has 1 heterocycles. The average Bonchev–Trinajstić information content (AvgIpc) is 3.11. The number of benzene rings is 3. The van der Waals surface area contributed by atoms with E-state index in [1.165, 1.54) is 0 Å². The van der Waals surface area contributed by atoms with Crippen molar-refractivity contribution in [2.45, 2.75) is 6.92 Å². The number of hydrogen-bond acceptors (Lipinski definition) is 4. The molecular formula is C19H15N3O2. The normalized spacial score (nSPS) is 11.0. The van der Waals surface area contributed by atoms with Gasteiger partial charge < -0.3 is 4.74 Å². The summed E-state index contributed by atoms with van der Waals surface area (Å²) < 4.78 is 5.09. The van der Waals surface area contributed by atoms with Crippen molar-refractivity contribution in [1.29, 1.82) is 0 Å². The summed E-state index contributed by atoms with van der Waals surface area (Å²) in [6.45, 7) is 2.06. The number of esters is 1. The molecule has 5 heteroatoms. The number of ether oxygens (including phenoxy) is 1. The molecule has 0 amide bonds. The Labute approximate surface area is 138 Å². The highest BCUT2D eigenvalue weighted by Crippen LogP contribution is 2.34. The topological polar surface area (TPSA) is 67.9 Å². The Hall–Kier alpha value is -3.21. The lowest BCUT2D eigenvalue weighted by Crippen LogP contribution is -2.06. The Morgan fingerprint density at radius 3 is 2.67 bits per heavy atom. The minimum Gasteiger partial charge on any atom is -0.461 e. The van der Waals surface area contributed by atoms with E-state index in [2.05, 4.69) is 45.7 Å². The van der Waals surface area contributed by atoms with E-state index in [1.807, 2.05) is 24.3 Å². The maximum Gasteiger partial charge on any atom is 0.361 e. The van der Waals surface area contributed by atoms with E-state index in [0.29, 0.717) is 12.3 Å². The molecule has 0 unspecified atom stereocenters. The van der Waals surface area contributed by atoms with Crippen LogP contribution in [0.25, 0.3) is 32.8 Å². The first-order valence-electron chi connectivity index (χ1n) is 7.78. The van der Waals surface area contributed by atoms with Crippen LogP contribution in [0.5, 0.6) is 0 Å². The van der Waals surface area contributed by atoms with Gasteiger partial charge in [-0.05, 0) is 28.5 Å². The Kier molecular flexibility index (Phi) is 3.46. The Morgan fingerprint density at radius 1 is 1.00 bits per heavy atom. The van der Waals surface area contributed by atoms with Gasteiger partial charge in [0.2, 0.25) is 0 Å². The first-order valence-corrected chi connectivity index (χ1v) is 7.78. The number of fused-ring (bicyclic) bond motifs is 3. The van der Waals surface area contributed by atoms with Crippen molar-refractivity contribution in [3.63, 3.8) is 0 Å². The molecule has 4 aromatic rings. The molecule has 0 fully saturated rings. The first kappa shape index (κ1) is 14.4. The molecule has 0 spiro atoms. The second kappa shape index (κ2) is 5.77. The summed E-state index contributed by atoms with van der Waals surface area (Å²) >= 11 is 0. The number of H-pyrrole nitrogens is 1. The summed E-state index contributed by atoms with van der Waals surface area (Å²) in [7, 11) is 0. The summed E-state index contributed by atoms with van der Waals surface area (Å²) in [6, 6.07) is 18.3. The maximum atomic E-state index is 12.2. The highest BCUT2D eigenvalue weighted by atomic mass is 16.5. The second-order valence-electron chi connectivity index (χ2n) is 5.43. The van der Waals surface area contributed by atoms with Gasteiger partial charge in [-0.15, -0.1) is 5.10 Å². The summed E-state index contributed by atoms with van der Waals surface area (Å²) in [5, 5.41) is 15.1. The molecule has 1 aromatic heterocycles. The molecule has 0 saturated heterocycles. The van der Waals surface area contributed by atoms with Crippen LogP contribution in [0.3, 0.4) is 0 Å². The van der Waals surface area contributed by atoms with Crippen LogP contribution in [0.1, 0.15) is 17.4 Å². The number of nitrogens with one attached hydrogen (secondary N) is 1. The lowest BCUT2D eigenvalue weighted by Gasteiger charge is -2.09. The van der Waals surface area contributed by atoms with Crippen molar-refractivity contribution in [1.82, 2.24) is 15.4 Å². The molecule has 0 aliphatic heterocycles. The van der Waals surface area contributed by atoms with Gasteiger partial charge in [-0.1, -0.05) is 54.6 Å². The van der Waals surface area contributed by atoms with Gasteiger partial charge in [-0.25, -0.2) is 4.79 Å². The minimum atomic E-state index is -0.474. The van der Waals surface area contributed by atoms with Crippen LogP contribution in [-0.2, 0) is 4.74 Å². The highest BCUT2D eigenvalue weighted by molar-refractivity contribution is 6.15. The minimum absolute atomic E-state index is 0.206. The number of hydrogen-bond donors (Lipinski definition) is 1. The molecule has 0 bridgehead atoms.